The highest BCUT2D eigenvalue weighted by Gasteiger charge is 2.20. The molecule has 0 saturated carbocycles. The zero-order chi connectivity index (χ0) is 13.7. The predicted octanol–water partition coefficient (Wildman–Crippen LogP) is 3.28. The lowest BCUT2D eigenvalue weighted by Crippen LogP contribution is -2.32. The van der Waals surface area contributed by atoms with Crippen LogP contribution in [0, 0.1) is 5.92 Å². The van der Waals surface area contributed by atoms with Crippen LogP contribution in [0.1, 0.15) is 31.0 Å². The van der Waals surface area contributed by atoms with Crippen molar-refractivity contribution in [1.82, 2.24) is 5.32 Å². The molecular formula is C16H25NOS. The zero-order valence-electron chi connectivity index (χ0n) is 12.2. The summed E-state index contributed by atoms with van der Waals surface area (Å²) < 4.78 is 5.22. The quantitative estimate of drug-likeness (QED) is 0.827. The molecule has 1 heterocycles. The van der Waals surface area contributed by atoms with Crippen LogP contribution in [0.5, 0.6) is 0 Å². The van der Waals surface area contributed by atoms with Crippen LogP contribution >= 0.6 is 11.8 Å². The van der Waals surface area contributed by atoms with Gasteiger partial charge in [-0.05, 0) is 30.5 Å². The van der Waals surface area contributed by atoms with E-state index in [2.05, 4.69) is 43.4 Å². The summed E-state index contributed by atoms with van der Waals surface area (Å²) in [6.45, 7) is 6.38. The fourth-order valence-electron chi connectivity index (χ4n) is 2.25. The molecule has 3 heteroatoms. The lowest BCUT2D eigenvalue weighted by atomic mass is 10.00. The van der Waals surface area contributed by atoms with Gasteiger partial charge in [0, 0.05) is 11.8 Å². The smallest absolute Gasteiger partial charge is 0.0607 e. The molecule has 0 radical (unpaired) electrons. The Bertz CT molecular complexity index is 373. The largest absolute Gasteiger partial charge is 0.379 e. The Labute approximate surface area is 121 Å². The Hall–Kier alpha value is -0.510. The molecule has 0 bridgehead atoms. The number of nitrogens with one attached hydrogen (secondary N) is 1. The van der Waals surface area contributed by atoms with Gasteiger partial charge in [-0.15, -0.1) is 0 Å². The van der Waals surface area contributed by atoms with Crippen LogP contribution in [0.25, 0.3) is 0 Å². The maximum Gasteiger partial charge on any atom is 0.0607 e. The standard InChI is InChI=1S/C16H25NOS/c1-12(2)8-13-4-6-14(7-5-13)16(17-3)11-19-15-9-18-10-15/h4-7,12,15-17H,8-11H2,1-3H3. The maximum atomic E-state index is 5.22. The average molecular weight is 279 g/mol. The van der Waals surface area contributed by atoms with Gasteiger partial charge in [0.05, 0.1) is 18.5 Å². The van der Waals surface area contributed by atoms with Gasteiger partial charge < -0.3 is 10.1 Å². The molecule has 1 aliphatic heterocycles. The average Bonchev–Trinajstić information content (AvgIpc) is 2.33. The van der Waals surface area contributed by atoms with Gasteiger partial charge in [-0.25, -0.2) is 0 Å². The predicted molar refractivity (Wildman–Crippen MR) is 83.8 cm³/mol. The number of hydrogen-bond acceptors (Lipinski definition) is 3. The van der Waals surface area contributed by atoms with Gasteiger partial charge in [-0.2, -0.15) is 11.8 Å². The van der Waals surface area contributed by atoms with Gasteiger partial charge in [0.25, 0.3) is 0 Å². The minimum absolute atomic E-state index is 0.443. The van der Waals surface area contributed by atoms with Gasteiger partial charge in [0.1, 0.15) is 0 Å². The molecule has 106 valence electrons. The van der Waals surface area contributed by atoms with Gasteiger partial charge in [0.15, 0.2) is 0 Å². The van der Waals surface area contributed by atoms with E-state index < -0.39 is 0 Å². The van der Waals surface area contributed by atoms with Crippen molar-refractivity contribution in [2.75, 3.05) is 26.0 Å². The fourth-order valence-corrected chi connectivity index (χ4v) is 3.45. The second-order valence-electron chi connectivity index (χ2n) is 5.67. The number of rotatable bonds is 7. The van der Waals surface area contributed by atoms with E-state index in [1.807, 2.05) is 18.8 Å². The van der Waals surface area contributed by atoms with Crippen molar-refractivity contribution in [3.8, 4) is 0 Å². The summed E-state index contributed by atoms with van der Waals surface area (Å²) in [4.78, 5) is 0. The molecule has 2 nitrogen and oxygen atoms in total. The highest BCUT2D eigenvalue weighted by Crippen LogP contribution is 2.25. The Morgan fingerprint density at radius 2 is 1.95 bits per heavy atom. The first kappa shape index (κ1) is 14.9. The molecule has 2 rings (SSSR count). The van der Waals surface area contributed by atoms with E-state index in [-0.39, 0.29) is 0 Å². The summed E-state index contributed by atoms with van der Waals surface area (Å²) >= 11 is 2.02. The van der Waals surface area contributed by atoms with Crippen molar-refractivity contribution in [3.63, 3.8) is 0 Å². The second-order valence-corrected chi connectivity index (χ2v) is 7.01. The van der Waals surface area contributed by atoms with E-state index in [9.17, 15) is 0 Å². The van der Waals surface area contributed by atoms with Gasteiger partial charge in [0.2, 0.25) is 0 Å². The summed E-state index contributed by atoms with van der Waals surface area (Å²) in [5.74, 6) is 1.84. The molecule has 1 aromatic carbocycles. The van der Waals surface area contributed by atoms with E-state index >= 15 is 0 Å². The van der Waals surface area contributed by atoms with Crippen LogP contribution < -0.4 is 5.32 Å². The second kappa shape index (κ2) is 7.32. The van der Waals surface area contributed by atoms with Crippen LogP contribution in [0.15, 0.2) is 24.3 Å². The van der Waals surface area contributed by atoms with E-state index in [1.54, 1.807) is 0 Å². The summed E-state index contributed by atoms with van der Waals surface area (Å²) in [6.07, 6.45) is 1.17. The Morgan fingerprint density at radius 3 is 2.42 bits per heavy atom. The van der Waals surface area contributed by atoms with E-state index in [0.29, 0.717) is 11.3 Å². The van der Waals surface area contributed by atoms with Crippen LogP contribution in [-0.2, 0) is 11.2 Å². The molecule has 1 aromatic rings. The SMILES string of the molecule is CNC(CSC1COC1)c1ccc(CC(C)C)cc1. The fraction of sp³-hybridized carbons (Fsp3) is 0.625. The van der Waals surface area contributed by atoms with E-state index in [4.69, 9.17) is 4.74 Å². The summed E-state index contributed by atoms with van der Waals surface area (Å²) in [6, 6.07) is 9.54. The van der Waals surface area contributed by atoms with Crippen molar-refractivity contribution in [2.45, 2.75) is 31.6 Å². The third-order valence-electron chi connectivity index (χ3n) is 3.48. The minimum Gasteiger partial charge on any atom is -0.379 e. The molecule has 0 aromatic heterocycles. The molecule has 19 heavy (non-hydrogen) atoms. The van der Waals surface area contributed by atoms with E-state index in [1.165, 1.54) is 17.5 Å². The van der Waals surface area contributed by atoms with Gasteiger partial charge in [-0.1, -0.05) is 38.1 Å². The summed E-state index contributed by atoms with van der Waals surface area (Å²) in [7, 11) is 2.05. The van der Waals surface area contributed by atoms with Crippen molar-refractivity contribution in [3.05, 3.63) is 35.4 Å². The van der Waals surface area contributed by atoms with Crippen LogP contribution in [0.2, 0.25) is 0 Å². The Balaban J connectivity index is 1.89. The first-order valence-electron chi connectivity index (χ1n) is 7.14. The molecule has 1 unspecified atom stereocenters. The Kier molecular flexibility index (Phi) is 5.74. The van der Waals surface area contributed by atoms with Crippen molar-refractivity contribution < 1.29 is 4.74 Å². The van der Waals surface area contributed by atoms with Crippen LogP contribution in [0.3, 0.4) is 0 Å². The normalized spacial score (nSPS) is 17.5. The number of hydrogen-bond donors (Lipinski definition) is 1. The molecule has 1 atom stereocenters. The molecule has 0 amide bonds. The van der Waals surface area contributed by atoms with Crippen LogP contribution in [-0.4, -0.2) is 31.3 Å². The first-order chi connectivity index (χ1) is 9.19. The monoisotopic (exact) mass is 279 g/mol. The topological polar surface area (TPSA) is 21.3 Å². The molecular weight excluding hydrogens is 254 g/mol. The van der Waals surface area contributed by atoms with Crippen molar-refractivity contribution in [1.29, 1.82) is 0 Å². The third-order valence-corrected chi connectivity index (χ3v) is 4.75. The number of ether oxygens (including phenoxy) is 1. The Morgan fingerprint density at radius 1 is 1.26 bits per heavy atom. The van der Waals surface area contributed by atoms with E-state index in [0.717, 1.165) is 24.9 Å². The highest BCUT2D eigenvalue weighted by molar-refractivity contribution is 8.00. The molecule has 1 saturated heterocycles. The zero-order valence-corrected chi connectivity index (χ0v) is 13.0. The first-order valence-corrected chi connectivity index (χ1v) is 8.19. The van der Waals surface area contributed by atoms with Gasteiger partial charge in [-0.3, -0.25) is 0 Å². The van der Waals surface area contributed by atoms with Crippen LogP contribution in [0.4, 0.5) is 0 Å². The lowest BCUT2D eigenvalue weighted by Gasteiger charge is -2.27. The van der Waals surface area contributed by atoms with Crippen molar-refractivity contribution in [2.24, 2.45) is 5.92 Å². The molecule has 1 N–H and O–H groups in total. The lowest BCUT2D eigenvalue weighted by molar-refractivity contribution is 0.0455. The molecule has 1 fully saturated rings. The molecule has 1 aliphatic rings. The van der Waals surface area contributed by atoms with Crippen molar-refractivity contribution >= 4 is 11.8 Å². The highest BCUT2D eigenvalue weighted by atomic mass is 32.2. The number of thioether (sulfide) groups is 1. The minimum atomic E-state index is 0.443. The number of benzene rings is 1. The summed E-state index contributed by atoms with van der Waals surface area (Å²) in [5, 5.41) is 4.13. The van der Waals surface area contributed by atoms with Gasteiger partial charge >= 0.3 is 0 Å². The molecule has 0 aliphatic carbocycles. The molecule has 0 spiro atoms. The maximum absolute atomic E-state index is 5.22. The summed E-state index contributed by atoms with van der Waals surface area (Å²) in [5.41, 5.74) is 2.83. The third kappa shape index (κ3) is 4.51.